The summed E-state index contributed by atoms with van der Waals surface area (Å²) in [4.78, 5) is 0. The highest BCUT2D eigenvalue weighted by Gasteiger charge is 2.17. The van der Waals surface area contributed by atoms with Crippen LogP contribution in [0.5, 0.6) is 5.75 Å². The molecule has 0 aliphatic carbocycles. The molecule has 0 amide bonds. The molecule has 1 aromatic carbocycles. The number of halogens is 1. The smallest absolute Gasteiger partial charge is 0.188 e. The third-order valence-corrected chi connectivity index (χ3v) is 2.98. The van der Waals surface area contributed by atoms with Crippen molar-refractivity contribution in [3.8, 4) is 16.9 Å². The first kappa shape index (κ1) is 12.6. The lowest BCUT2D eigenvalue weighted by Gasteiger charge is -2.09. The summed E-state index contributed by atoms with van der Waals surface area (Å²) in [5, 5.41) is 11.5. The van der Waals surface area contributed by atoms with E-state index >= 15 is 0 Å². The Morgan fingerprint density at radius 2 is 2.25 bits per heavy atom. The molecule has 0 atom stereocenters. The number of ether oxygens (including phenoxy) is 2. The van der Waals surface area contributed by atoms with Crippen LogP contribution in [0, 0.1) is 5.82 Å². The topological polar surface area (TPSA) is 65.0 Å². The average Bonchev–Trinajstić information content (AvgIpc) is 3.05. The fourth-order valence-electron chi connectivity index (χ4n) is 2.13. The van der Waals surface area contributed by atoms with E-state index in [1.165, 1.54) is 13.2 Å². The number of nitrogens with zero attached hydrogens (tertiary/aromatic N) is 3. The Balaban J connectivity index is 2.19. The van der Waals surface area contributed by atoms with E-state index in [0.717, 1.165) is 0 Å². The van der Waals surface area contributed by atoms with Crippen molar-refractivity contribution in [1.82, 2.24) is 20.0 Å². The molecule has 1 N–H and O–H groups in total. The van der Waals surface area contributed by atoms with E-state index in [0.29, 0.717) is 27.8 Å². The molecule has 7 heteroatoms. The van der Waals surface area contributed by atoms with Crippen LogP contribution in [0.15, 0.2) is 24.7 Å². The number of aryl methyl sites for hydroxylation is 1. The maximum Gasteiger partial charge on any atom is 0.188 e. The first-order valence-electron chi connectivity index (χ1n) is 5.97. The molecule has 2 aromatic heterocycles. The normalized spacial score (nSPS) is 11.2. The summed E-state index contributed by atoms with van der Waals surface area (Å²) in [6.07, 6.45) is 4.93. The first-order chi connectivity index (χ1) is 9.70. The number of methoxy groups -OCH3 is 1. The Hall–Kier alpha value is -2.41. The summed E-state index contributed by atoms with van der Waals surface area (Å²) < 4.78 is 26.2. The number of rotatable bonds is 4. The molecular formula is C13H13FN4O2. The van der Waals surface area contributed by atoms with Gasteiger partial charge in [0.1, 0.15) is 11.3 Å². The summed E-state index contributed by atoms with van der Waals surface area (Å²) in [6.45, 7) is 0.0415. The molecule has 20 heavy (non-hydrogen) atoms. The van der Waals surface area contributed by atoms with Crippen molar-refractivity contribution in [2.75, 3.05) is 13.9 Å². The van der Waals surface area contributed by atoms with Crippen molar-refractivity contribution >= 4 is 10.9 Å². The molecule has 0 radical (unpaired) electrons. The molecule has 3 aromatic rings. The molecule has 3 rings (SSSR count). The van der Waals surface area contributed by atoms with E-state index in [1.807, 2.05) is 0 Å². The number of aromatic amines is 1. The minimum Gasteiger partial charge on any atom is -0.465 e. The second-order valence-electron chi connectivity index (χ2n) is 4.34. The zero-order chi connectivity index (χ0) is 14.1. The minimum atomic E-state index is -0.391. The van der Waals surface area contributed by atoms with Crippen LogP contribution in [0.3, 0.4) is 0 Å². The second-order valence-corrected chi connectivity index (χ2v) is 4.34. The van der Waals surface area contributed by atoms with Gasteiger partial charge < -0.3 is 9.47 Å². The van der Waals surface area contributed by atoms with Gasteiger partial charge in [0.05, 0.1) is 12.4 Å². The van der Waals surface area contributed by atoms with E-state index < -0.39 is 5.82 Å². The van der Waals surface area contributed by atoms with Gasteiger partial charge in [-0.05, 0) is 0 Å². The van der Waals surface area contributed by atoms with Gasteiger partial charge in [-0.3, -0.25) is 9.78 Å². The molecular weight excluding hydrogens is 263 g/mol. The molecule has 0 aliphatic heterocycles. The summed E-state index contributed by atoms with van der Waals surface area (Å²) in [5.41, 5.74) is 1.77. The maximum absolute atomic E-state index is 14.4. The Labute approximate surface area is 114 Å². The zero-order valence-electron chi connectivity index (χ0n) is 11.1. The fourth-order valence-corrected chi connectivity index (χ4v) is 2.13. The number of fused-ring (bicyclic) bond motifs is 1. The van der Waals surface area contributed by atoms with Crippen molar-refractivity contribution in [2.24, 2.45) is 7.05 Å². The van der Waals surface area contributed by atoms with Crippen LogP contribution >= 0.6 is 0 Å². The highest BCUT2D eigenvalue weighted by molar-refractivity contribution is 5.97. The van der Waals surface area contributed by atoms with Crippen LogP contribution in [-0.4, -0.2) is 33.9 Å². The Morgan fingerprint density at radius 1 is 1.40 bits per heavy atom. The molecule has 104 valence electrons. The van der Waals surface area contributed by atoms with Gasteiger partial charge >= 0.3 is 0 Å². The number of benzene rings is 1. The van der Waals surface area contributed by atoms with Crippen LogP contribution in [0.1, 0.15) is 0 Å². The van der Waals surface area contributed by atoms with Gasteiger partial charge in [0.2, 0.25) is 0 Å². The highest BCUT2D eigenvalue weighted by atomic mass is 19.1. The van der Waals surface area contributed by atoms with Gasteiger partial charge in [-0.25, -0.2) is 4.39 Å². The van der Waals surface area contributed by atoms with Crippen LogP contribution in [0.25, 0.3) is 22.0 Å². The Kier molecular flexibility index (Phi) is 3.11. The number of aromatic nitrogens is 4. The zero-order valence-corrected chi connectivity index (χ0v) is 11.1. The summed E-state index contributed by atoms with van der Waals surface area (Å²) in [7, 11) is 3.29. The molecule has 0 fully saturated rings. The highest BCUT2D eigenvalue weighted by Crippen LogP contribution is 2.35. The van der Waals surface area contributed by atoms with Gasteiger partial charge in [-0.15, -0.1) is 0 Å². The molecule has 0 saturated carbocycles. The molecule has 0 unspecified atom stereocenters. The van der Waals surface area contributed by atoms with Gasteiger partial charge in [0.25, 0.3) is 0 Å². The molecule has 0 spiro atoms. The van der Waals surface area contributed by atoms with Crippen molar-refractivity contribution < 1.29 is 13.9 Å². The SMILES string of the molecule is COCOc1cc(F)c(-c2cnn(C)c2)c2cn[nH]c12. The van der Waals surface area contributed by atoms with E-state index in [9.17, 15) is 4.39 Å². The largest absolute Gasteiger partial charge is 0.465 e. The number of nitrogens with one attached hydrogen (secondary N) is 1. The Bertz CT molecular complexity index is 750. The molecule has 0 aliphatic rings. The van der Waals surface area contributed by atoms with E-state index in [2.05, 4.69) is 15.3 Å². The van der Waals surface area contributed by atoms with E-state index in [4.69, 9.17) is 9.47 Å². The third kappa shape index (κ3) is 2.01. The summed E-state index contributed by atoms with van der Waals surface area (Å²) >= 11 is 0. The lowest BCUT2D eigenvalue weighted by atomic mass is 10.0. The number of hydrogen-bond acceptors (Lipinski definition) is 4. The van der Waals surface area contributed by atoms with Crippen LogP contribution in [-0.2, 0) is 11.8 Å². The second kappa shape index (κ2) is 4.93. The van der Waals surface area contributed by atoms with Gasteiger partial charge in [0.15, 0.2) is 12.5 Å². The van der Waals surface area contributed by atoms with Crippen molar-refractivity contribution in [3.63, 3.8) is 0 Å². The van der Waals surface area contributed by atoms with Crippen LogP contribution < -0.4 is 4.74 Å². The average molecular weight is 276 g/mol. The lowest BCUT2D eigenvalue weighted by Crippen LogP contribution is -2.00. The number of hydrogen-bond donors (Lipinski definition) is 1. The van der Waals surface area contributed by atoms with Crippen molar-refractivity contribution in [2.45, 2.75) is 0 Å². The summed E-state index contributed by atoms with van der Waals surface area (Å²) in [5.74, 6) is -0.0255. The number of H-pyrrole nitrogens is 1. The lowest BCUT2D eigenvalue weighted by molar-refractivity contribution is 0.0519. The van der Waals surface area contributed by atoms with Crippen molar-refractivity contribution in [3.05, 3.63) is 30.5 Å². The fraction of sp³-hybridized carbons (Fsp3) is 0.231. The quantitative estimate of drug-likeness (QED) is 0.741. The van der Waals surface area contributed by atoms with Gasteiger partial charge in [-0.2, -0.15) is 10.2 Å². The van der Waals surface area contributed by atoms with E-state index in [1.54, 1.807) is 30.3 Å². The predicted molar refractivity (Wildman–Crippen MR) is 70.8 cm³/mol. The first-order valence-corrected chi connectivity index (χ1v) is 5.97. The standard InChI is InChI=1S/C13H13FN4O2/c1-18-6-8(4-16-18)12-9-5-15-17-13(9)11(3-10(12)14)20-7-19-2/h3-6H,7H2,1-2H3,(H,15,17). The van der Waals surface area contributed by atoms with Gasteiger partial charge in [0, 0.05) is 42.9 Å². The third-order valence-electron chi connectivity index (χ3n) is 2.98. The monoisotopic (exact) mass is 276 g/mol. The van der Waals surface area contributed by atoms with Crippen molar-refractivity contribution in [1.29, 1.82) is 0 Å². The molecule has 0 bridgehead atoms. The Morgan fingerprint density at radius 3 is 2.95 bits per heavy atom. The van der Waals surface area contributed by atoms with E-state index in [-0.39, 0.29) is 6.79 Å². The summed E-state index contributed by atoms with van der Waals surface area (Å²) in [6, 6.07) is 1.32. The van der Waals surface area contributed by atoms with Gasteiger partial charge in [-0.1, -0.05) is 0 Å². The molecule has 6 nitrogen and oxygen atoms in total. The van der Waals surface area contributed by atoms with Crippen LogP contribution in [0.4, 0.5) is 4.39 Å². The maximum atomic E-state index is 14.4. The molecule has 2 heterocycles. The predicted octanol–water partition coefficient (Wildman–Crippen LogP) is 2.09. The minimum absolute atomic E-state index is 0.0415. The van der Waals surface area contributed by atoms with Crippen LogP contribution in [0.2, 0.25) is 0 Å². The molecule has 0 saturated heterocycles.